The third-order valence-electron chi connectivity index (χ3n) is 4.68. The predicted molar refractivity (Wildman–Crippen MR) is 98.4 cm³/mol. The van der Waals surface area contributed by atoms with E-state index in [1.807, 2.05) is 13.8 Å². The van der Waals surface area contributed by atoms with Crippen molar-refractivity contribution < 1.29 is 14.6 Å². The number of likely N-dealkylation sites (tertiary alicyclic amines) is 1. The highest BCUT2D eigenvalue weighted by atomic mass is 32.1. The number of hydrogen-bond acceptors (Lipinski definition) is 7. The molecular formula is C17H28N4O3S. The van der Waals surface area contributed by atoms with Crippen molar-refractivity contribution in [3.8, 4) is 0 Å². The van der Waals surface area contributed by atoms with E-state index in [0.717, 1.165) is 30.5 Å². The minimum atomic E-state index is -1.01. The van der Waals surface area contributed by atoms with Crippen molar-refractivity contribution in [3.05, 3.63) is 10.6 Å². The molecule has 2 N–H and O–H groups in total. The summed E-state index contributed by atoms with van der Waals surface area (Å²) in [6.45, 7) is 8.73. The predicted octanol–water partition coefficient (Wildman–Crippen LogP) is 1.18. The number of aliphatic hydroxyl groups is 1. The molecule has 1 atom stereocenters. The average Bonchev–Trinajstić information content (AvgIpc) is 3.14. The molecule has 140 valence electrons. The molecule has 2 aliphatic rings. The Kier molecular flexibility index (Phi) is 5.93. The highest BCUT2D eigenvalue weighted by Crippen LogP contribution is 2.26. The van der Waals surface area contributed by atoms with E-state index in [9.17, 15) is 9.90 Å². The highest BCUT2D eigenvalue weighted by molar-refractivity contribution is 7.17. The lowest BCUT2D eigenvalue weighted by molar-refractivity contribution is -0.0524. The number of thiazole rings is 1. The third kappa shape index (κ3) is 4.49. The molecule has 1 amide bonds. The summed E-state index contributed by atoms with van der Waals surface area (Å²) in [5.74, 6) is -0.0653. The van der Waals surface area contributed by atoms with Gasteiger partial charge in [-0.1, -0.05) is 11.3 Å². The van der Waals surface area contributed by atoms with Crippen LogP contribution in [0, 0.1) is 6.92 Å². The molecule has 0 aromatic carbocycles. The lowest BCUT2D eigenvalue weighted by Crippen LogP contribution is -2.53. The average molecular weight is 369 g/mol. The molecule has 2 aliphatic heterocycles. The number of carbonyl (C=O) groups is 1. The van der Waals surface area contributed by atoms with Crippen LogP contribution in [0.2, 0.25) is 0 Å². The maximum absolute atomic E-state index is 13.0. The molecule has 0 aliphatic carbocycles. The number of nitrogens with zero attached hydrogens (tertiary/aromatic N) is 3. The molecule has 3 heterocycles. The van der Waals surface area contributed by atoms with Gasteiger partial charge >= 0.3 is 0 Å². The van der Waals surface area contributed by atoms with Crippen LogP contribution in [0.25, 0.3) is 0 Å². The molecule has 0 radical (unpaired) electrons. The van der Waals surface area contributed by atoms with Gasteiger partial charge in [-0.05, 0) is 39.8 Å². The first kappa shape index (κ1) is 18.6. The molecule has 0 bridgehead atoms. The van der Waals surface area contributed by atoms with Crippen molar-refractivity contribution in [1.29, 1.82) is 0 Å². The Morgan fingerprint density at radius 3 is 2.88 bits per heavy atom. The van der Waals surface area contributed by atoms with Crippen LogP contribution in [0.1, 0.15) is 35.1 Å². The summed E-state index contributed by atoms with van der Waals surface area (Å²) >= 11 is 1.38. The van der Waals surface area contributed by atoms with Gasteiger partial charge < -0.3 is 25.0 Å². The van der Waals surface area contributed by atoms with E-state index >= 15 is 0 Å². The fraction of sp³-hybridized carbons (Fsp3) is 0.765. The molecule has 7 nitrogen and oxygen atoms in total. The Morgan fingerprint density at radius 2 is 2.16 bits per heavy atom. The van der Waals surface area contributed by atoms with Crippen molar-refractivity contribution in [2.45, 2.75) is 32.3 Å². The van der Waals surface area contributed by atoms with E-state index in [-0.39, 0.29) is 12.5 Å². The van der Waals surface area contributed by atoms with Crippen LogP contribution in [-0.4, -0.2) is 83.9 Å². The van der Waals surface area contributed by atoms with E-state index in [2.05, 4.69) is 15.2 Å². The van der Waals surface area contributed by atoms with Crippen LogP contribution < -0.4 is 5.32 Å². The summed E-state index contributed by atoms with van der Waals surface area (Å²) in [5, 5.41) is 15.0. The molecule has 3 rings (SSSR count). The van der Waals surface area contributed by atoms with E-state index in [1.165, 1.54) is 24.2 Å². The maximum Gasteiger partial charge on any atom is 0.266 e. The highest BCUT2D eigenvalue weighted by Gasteiger charge is 2.37. The smallest absolute Gasteiger partial charge is 0.266 e. The molecular weight excluding hydrogens is 340 g/mol. The largest absolute Gasteiger partial charge is 0.384 e. The second-order valence-electron chi connectivity index (χ2n) is 6.95. The SMILES string of the molecule is CCNc1nc(C)c(C(=O)N2CCOCC(O)(CN3CCCC3)C2)s1. The molecule has 1 unspecified atom stereocenters. The van der Waals surface area contributed by atoms with Gasteiger partial charge in [0.15, 0.2) is 5.13 Å². The lowest BCUT2D eigenvalue weighted by Gasteiger charge is -2.33. The number of ether oxygens (including phenoxy) is 1. The van der Waals surface area contributed by atoms with Gasteiger partial charge in [-0.25, -0.2) is 4.98 Å². The zero-order valence-corrected chi connectivity index (χ0v) is 15.9. The zero-order chi connectivity index (χ0) is 17.9. The van der Waals surface area contributed by atoms with Gasteiger partial charge in [0, 0.05) is 19.6 Å². The van der Waals surface area contributed by atoms with Gasteiger partial charge in [-0.15, -0.1) is 0 Å². The molecule has 1 aromatic rings. The zero-order valence-electron chi connectivity index (χ0n) is 15.1. The van der Waals surface area contributed by atoms with Crippen molar-refractivity contribution in [3.63, 3.8) is 0 Å². The number of β-amino-alcohol motifs (C(OH)–C–C–N with tert-alkyl or cyclic N) is 1. The van der Waals surface area contributed by atoms with Crippen LogP contribution in [0.5, 0.6) is 0 Å². The van der Waals surface area contributed by atoms with Gasteiger partial charge in [0.2, 0.25) is 0 Å². The van der Waals surface area contributed by atoms with E-state index in [1.54, 1.807) is 4.90 Å². The summed E-state index contributed by atoms with van der Waals surface area (Å²) in [6, 6.07) is 0. The molecule has 0 spiro atoms. The van der Waals surface area contributed by atoms with Gasteiger partial charge in [0.1, 0.15) is 10.5 Å². The first-order chi connectivity index (χ1) is 12.0. The summed E-state index contributed by atoms with van der Waals surface area (Å²) in [4.78, 5) is 22.0. The van der Waals surface area contributed by atoms with Gasteiger partial charge in [0.25, 0.3) is 5.91 Å². The summed E-state index contributed by atoms with van der Waals surface area (Å²) in [6.07, 6.45) is 2.35. The summed E-state index contributed by atoms with van der Waals surface area (Å²) < 4.78 is 5.62. The van der Waals surface area contributed by atoms with Crippen molar-refractivity contribution >= 4 is 22.4 Å². The number of aryl methyl sites for hydroxylation is 1. The van der Waals surface area contributed by atoms with Crippen LogP contribution >= 0.6 is 11.3 Å². The van der Waals surface area contributed by atoms with Crippen LogP contribution in [0.15, 0.2) is 0 Å². The number of anilines is 1. The second kappa shape index (κ2) is 7.99. The third-order valence-corrected chi connectivity index (χ3v) is 5.79. The number of amides is 1. The monoisotopic (exact) mass is 368 g/mol. The lowest BCUT2D eigenvalue weighted by atomic mass is 10.0. The molecule has 25 heavy (non-hydrogen) atoms. The Labute approximate surface area is 153 Å². The standard InChI is InChI=1S/C17H28N4O3S/c1-3-18-16-19-13(2)14(25-16)15(22)21-8-9-24-12-17(23,11-21)10-20-6-4-5-7-20/h23H,3-12H2,1-2H3,(H,18,19). The summed E-state index contributed by atoms with van der Waals surface area (Å²) in [5.41, 5.74) is -0.279. The van der Waals surface area contributed by atoms with Gasteiger partial charge in [-0.3, -0.25) is 4.79 Å². The van der Waals surface area contributed by atoms with E-state index in [4.69, 9.17) is 4.74 Å². The normalized spacial score (nSPS) is 25.2. The Bertz CT molecular complexity index is 603. The molecule has 2 fully saturated rings. The maximum atomic E-state index is 13.0. The topological polar surface area (TPSA) is 77.9 Å². The Morgan fingerprint density at radius 1 is 1.40 bits per heavy atom. The number of aromatic nitrogens is 1. The quantitative estimate of drug-likeness (QED) is 0.813. The second-order valence-corrected chi connectivity index (χ2v) is 7.95. The molecule has 0 saturated carbocycles. The van der Waals surface area contributed by atoms with Gasteiger partial charge in [0.05, 0.1) is 25.5 Å². The Hall–Kier alpha value is -1.22. The summed E-state index contributed by atoms with van der Waals surface area (Å²) in [7, 11) is 0. The first-order valence-electron chi connectivity index (χ1n) is 9.04. The van der Waals surface area contributed by atoms with E-state index in [0.29, 0.717) is 31.1 Å². The number of rotatable bonds is 5. The van der Waals surface area contributed by atoms with Crippen molar-refractivity contribution in [2.24, 2.45) is 0 Å². The molecule has 2 saturated heterocycles. The minimum Gasteiger partial charge on any atom is -0.384 e. The number of carbonyl (C=O) groups excluding carboxylic acids is 1. The molecule has 8 heteroatoms. The minimum absolute atomic E-state index is 0.0653. The van der Waals surface area contributed by atoms with E-state index < -0.39 is 5.60 Å². The van der Waals surface area contributed by atoms with Crippen molar-refractivity contribution in [2.75, 3.05) is 57.8 Å². The van der Waals surface area contributed by atoms with Crippen LogP contribution in [-0.2, 0) is 4.74 Å². The molecule has 1 aromatic heterocycles. The fourth-order valence-corrected chi connectivity index (χ4v) is 4.51. The number of hydrogen-bond donors (Lipinski definition) is 2. The van der Waals surface area contributed by atoms with Gasteiger partial charge in [-0.2, -0.15) is 0 Å². The van der Waals surface area contributed by atoms with Crippen LogP contribution in [0.3, 0.4) is 0 Å². The van der Waals surface area contributed by atoms with Crippen molar-refractivity contribution in [1.82, 2.24) is 14.8 Å². The number of nitrogens with one attached hydrogen (secondary N) is 1. The Balaban J connectivity index is 1.72. The first-order valence-corrected chi connectivity index (χ1v) is 9.85. The van der Waals surface area contributed by atoms with Crippen LogP contribution in [0.4, 0.5) is 5.13 Å². The fourth-order valence-electron chi connectivity index (χ4n) is 3.51.